The van der Waals surface area contributed by atoms with Gasteiger partial charge < -0.3 is 10.6 Å². The highest BCUT2D eigenvalue weighted by Crippen LogP contribution is 2.41. The van der Waals surface area contributed by atoms with Crippen LogP contribution in [0.5, 0.6) is 0 Å². The normalized spacial score (nSPS) is 22.6. The quantitative estimate of drug-likeness (QED) is 0.693. The highest BCUT2D eigenvalue weighted by atomic mass is 32.2. The van der Waals surface area contributed by atoms with Crippen LogP contribution in [0, 0.1) is 18.8 Å². The monoisotopic (exact) mass is 396 g/mol. The fraction of sp³-hybridized carbons (Fsp3) is 0.381. The third-order valence-electron chi connectivity index (χ3n) is 5.99. The summed E-state index contributed by atoms with van der Waals surface area (Å²) in [6.07, 6.45) is 6.01. The first-order valence-corrected chi connectivity index (χ1v) is 11.2. The van der Waals surface area contributed by atoms with Crippen LogP contribution in [-0.4, -0.2) is 36.5 Å². The van der Waals surface area contributed by atoms with Gasteiger partial charge in [-0.3, -0.25) is 0 Å². The van der Waals surface area contributed by atoms with Crippen molar-refractivity contribution in [2.75, 3.05) is 18.4 Å². The number of anilines is 1. The van der Waals surface area contributed by atoms with E-state index in [2.05, 4.69) is 15.6 Å². The Morgan fingerprint density at radius 3 is 2.68 bits per heavy atom. The van der Waals surface area contributed by atoms with Crippen molar-refractivity contribution in [2.24, 2.45) is 11.8 Å². The second kappa shape index (κ2) is 6.60. The number of pyridine rings is 1. The van der Waals surface area contributed by atoms with E-state index in [-0.39, 0.29) is 4.90 Å². The molecule has 0 spiro atoms. The van der Waals surface area contributed by atoms with Gasteiger partial charge in [0.2, 0.25) is 0 Å². The SMILES string of the molecule is Cc1cnc2c(ccn2S(=O)(=O)c2ccccc2)c1N[C@H]1CNC[C@H]1C1CC1. The van der Waals surface area contributed by atoms with Gasteiger partial charge in [-0.25, -0.2) is 17.4 Å². The standard InChI is InChI=1S/C21H24N4O2S/c1-14-11-23-21-17(20(14)24-19-13-22-12-18(19)15-7-8-15)9-10-25(21)28(26,27)16-5-3-2-4-6-16/h2-6,9-11,15,18-19,22H,7-8,12-13H2,1H3,(H,23,24)/t18-,19-/m0/s1. The largest absolute Gasteiger partial charge is 0.380 e. The summed E-state index contributed by atoms with van der Waals surface area (Å²) in [5, 5.41) is 8.07. The van der Waals surface area contributed by atoms with Gasteiger partial charge in [0.05, 0.1) is 4.90 Å². The Morgan fingerprint density at radius 2 is 1.93 bits per heavy atom. The van der Waals surface area contributed by atoms with Crippen molar-refractivity contribution in [3.8, 4) is 0 Å². The van der Waals surface area contributed by atoms with Crippen molar-refractivity contribution in [3.05, 3.63) is 54.4 Å². The van der Waals surface area contributed by atoms with E-state index in [1.165, 1.54) is 16.8 Å². The Labute approximate surface area is 165 Å². The molecule has 2 atom stereocenters. The van der Waals surface area contributed by atoms with Gasteiger partial charge in [0, 0.05) is 42.6 Å². The molecule has 6 nitrogen and oxygen atoms in total. The lowest BCUT2D eigenvalue weighted by molar-refractivity contribution is 0.474. The van der Waals surface area contributed by atoms with E-state index in [1.807, 2.05) is 19.1 Å². The molecule has 2 N–H and O–H groups in total. The van der Waals surface area contributed by atoms with Gasteiger partial charge in [-0.05, 0) is 55.4 Å². The highest BCUT2D eigenvalue weighted by molar-refractivity contribution is 7.90. The maximum absolute atomic E-state index is 13.1. The van der Waals surface area contributed by atoms with Crippen molar-refractivity contribution >= 4 is 26.7 Å². The van der Waals surface area contributed by atoms with Gasteiger partial charge in [-0.15, -0.1) is 0 Å². The van der Waals surface area contributed by atoms with Crippen molar-refractivity contribution in [1.82, 2.24) is 14.3 Å². The average molecular weight is 397 g/mol. The first-order chi connectivity index (χ1) is 13.6. The molecule has 0 bridgehead atoms. The molecule has 0 radical (unpaired) electrons. The molecule has 0 unspecified atom stereocenters. The Bertz CT molecular complexity index is 1120. The minimum Gasteiger partial charge on any atom is -0.380 e. The van der Waals surface area contributed by atoms with Crippen molar-refractivity contribution in [3.63, 3.8) is 0 Å². The van der Waals surface area contributed by atoms with E-state index in [0.717, 1.165) is 35.6 Å². The van der Waals surface area contributed by atoms with Crippen LogP contribution in [0.3, 0.4) is 0 Å². The number of aromatic nitrogens is 2. The zero-order valence-electron chi connectivity index (χ0n) is 15.8. The van der Waals surface area contributed by atoms with Gasteiger partial charge in [0.1, 0.15) is 0 Å². The fourth-order valence-corrected chi connectivity index (χ4v) is 5.64. The fourth-order valence-electron chi connectivity index (χ4n) is 4.32. The molecule has 1 aliphatic heterocycles. The molecule has 2 fully saturated rings. The minimum absolute atomic E-state index is 0.262. The molecule has 28 heavy (non-hydrogen) atoms. The molecule has 1 saturated carbocycles. The Hall–Kier alpha value is -2.38. The summed E-state index contributed by atoms with van der Waals surface area (Å²) in [4.78, 5) is 4.72. The third kappa shape index (κ3) is 2.89. The number of hydrogen-bond acceptors (Lipinski definition) is 5. The number of benzene rings is 1. The molecule has 5 rings (SSSR count). The summed E-state index contributed by atoms with van der Waals surface area (Å²) in [5.74, 6) is 1.45. The van der Waals surface area contributed by atoms with Crippen LogP contribution in [0.2, 0.25) is 0 Å². The van der Waals surface area contributed by atoms with E-state index in [9.17, 15) is 8.42 Å². The van der Waals surface area contributed by atoms with E-state index in [0.29, 0.717) is 17.6 Å². The van der Waals surface area contributed by atoms with Crippen molar-refractivity contribution < 1.29 is 8.42 Å². The zero-order chi connectivity index (χ0) is 19.3. The smallest absolute Gasteiger partial charge is 0.269 e. The molecule has 1 aromatic carbocycles. The van der Waals surface area contributed by atoms with Gasteiger partial charge >= 0.3 is 0 Å². The van der Waals surface area contributed by atoms with Crippen molar-refractivity contribution in [2.45, 2.75) is 30.7 Å². The average Bonchev–Trinajstić information content (AvgIpc) is 3.27. The van der Waals surface area contributed by atoms with E-state index in [4.69, 9.17) is 0 Å². The number of rotatable bonds is 5. The van der Waals surface area contributed by atoms with Crippen LogP contribution in [0.15, 0.2) is 53.7 Å². The molecular weight excluding hydrogens is 372 g/mol. The number of nitrogens with zero attached hydrogens (tertiary/aromatic N) is 2. The molecule has 1 saturated heterocycles. The van der Waals surface area contributed by atoms with Gasteiger partial charge in [0.25, 0.3) is 10.0 Å². The second-order valence-corrected chi connectivity index (χ2v) is 9.71. The number of aryl methyl sites for hydroxylation is 1. The lowest BCUT2D eigenvalue weighted by Gasteiger charge is -2.22. The van der Waals surface area contributed by atoms with Gasteiger partial charge in [-0.2, -0.15) is 0 Å². The molecule has 146 valence electrons. The molecule has 1 aliphatic carbocycles. The first-order valence-electron chi connectivity index (χ1n) is 9.80. The lowest BCUT2D eigenvalue weighted by atomic mass is 9.97. The predicted molar refractivity (Wildman–Crippen MR) is 110 cm³/mol. The van der Waals surface area contributed by atoms with Crippen LogP contribution in [-0.2, 0) is 10.0 Å². The Kier molecular flexibility index (Phi) is 4.17. The van der Waals surface area contributed by atoms with E-state index in [1.54, 1.807) is 36.7 Å². The summed E-state index contributed by atoms with van der Waals surface area (Å²) in [6.45, 7) is 4.01. The predicted octanol–water partition coefficient (Wildman–Crippen LogP) is 2.99. The van der Waals surface area contributed by atoms with E-state index >= 15 is 0 Å². The molecular formula is C21H24N4O2S. The molecule has 3 heterocycles. The topological polar surface area (TPSA) is 76.0 Å². The van der Waals surface area contributed by atoms with Gasteiger partial charge in [0.15, 0.2) is 5.65 Å². The summed E-state index contributed by atoms with van der Waals surface area (Å²) >= 11 is 0. The molecule has 2 aromatic heterocycles. The van der Waals surface area contributed by atoms with Crippen LogP contribution in [0.4, 0.5) is 5.69 Å². The zero-order valence-corrected chi connectivity index (χ0v) is 16.6. The molecule has 7 heteroatoms. The lowest BCUT2D eigenvalue weighted by Crippen LogP contribution is -2.30. The Balaban J connectivity index is 1.56. The summed E-state index contributed by atoms with van der Waals surface area (Å²) in [6, 6.07) is 10.7. The second-order valence-electron chi connectivity index (χ2n) is 7.89. The van der Waals surface area contributed by atoms with Crippen LogP contribution in [0.1, 0.15) is 18.4 Å². The number of fused-ring (bicyclic) bond motifs is 1. The van der Waals surface area contributed by atoms with Crippen LogP contribution >= 0.6 is 0 Å². The maximum atomic E-state index is 13.1. The third-order valence-corrected chi connectivity index (χ3v) is 7.67. The molecule has 2 aliphatic rings. The Morgan fingerprint density at radius 1 is 1.14 bits per heavy atom. The molecule has 3 aromatic rings. The van der Waals surface area contributed by atoms with Gasteiger partial charge in [-0.1, -0.05) is 18.2 Å². The highest BCUT2D eigenvalue weighted by Gasteiger charge is 2.39. The van der Waals surface area contributed by atoms with Crippen LogP contribution in [0.25, 0.3) is 11.0 Å². The van der Waals surface area contributed by atoms with Crippen molar-refractivity contribution in [1.29, 1.82) is 0 Å². The summed E-state index contributed by atoms with van der Waals surface area (Å²) in [5.41, 5.74) is 2.49. The number of nitrogens with one attached hydrogen (secondary N) is 2. The number of hydrogen-bond donors (Lipinski definition) is 2. The first kappa shape index (κ1) is 17.7. The molecule has 0 amide bonds. The van der Waals surface area contributed by atoms with Crippen LogP contribution < -0.4 is 10.6 Å². The maximum Gasteiger partial charge on any atom is 0.269 e. The summed E-state index contributed by atoms with van der Waals surface area (Å²) in [7, 11) is -3.68. The summed E-state index contributed by atoms with van der Waals surface area (Å²) < 4.78 is 27.5. The minimum atomic E-state index is -3.68. The van der Waals surface area contributed by atoms with E-state index < -0.39 is 10.0 Å².